The number of morpholine rings is 1. The maximum atomic E-state index is 12.7. The van der Waals surface area contributed by atoms with Crippen molar-refractivity contribution in [3.05, 3.63) is 24.3 Å². The van der Waals surface area contributed by atoms with E-state index in [1.807, 2.05) is 18.2 Å². The minimum Gasteiger partial charge on any atom is -0.506 e. The van der Waals surface area contributed by atoms with Gasteiger partial charge in [-0.3, -0.25) is 14.6 Å². The first-order chi connectivity index (χ1) is 14.7. The predicted molar refractivity (Wildman–Crippen MR) is 118 cm³/mol. The Morgan fingerprint density at radius 1 is 1.00 bits per heavy atom. The number of para-hydroxylation sites is 2. The number of amides is 1. The molecule has 1 aromatic rings. The fourth-order valence-corrected chi connectivity index (χ4v) is 5.25. The molecule has 0 spiro atoms. The van der Waals surface area contributed by atoms with Gasteiger partial charge in [0, 0.05) is 51.4 Å². The minimum atomic E-state index is 0.112. The fraction of sp³-hybridized carbons (Fsp3) is 0.696. The Balaban J connectivity index is 1.26. The summed E-state index contributed by atoms with van der Waals surface area (Å²) in [5, 5.41) is 13.3. The smallest absolute Gasteiger partial charge is 0.234 e. The molecule has 1 amide bonds. The molecule has 4 rings (SSSR count). The van der Waals surface area contributed by atoms with E-state index in [0.29, 0.717) is 12.3 Å². The van der Waals surface area contributed by atoms with Crippen LogP contribution >= 0.6 is 0 Å². The van der Waals surface area contributed by atoms with Gasteiger partial charge in [-0.25, -0.2) is 0 Å². The number of hydrogen-bond donors (Lipinski definition) is 2. The van der Waals surface area contributed by atoms with Gasteiger partial charge in [-0.2, -0.15) is 0 Å². The molecule has 1 aromatic carbocycles. The molecule has 2 saturated heterocycles. The van der Waals surface area contributed by atoms with Gasteiger partial charge in [-0.1, -0.05) is 31.4 Å². The number of benzene rings is 1. The molecule has 30 heavy (non-hydrogen) atoms. The Labute approximate surface area is 180 Å². The first-order valence-electron chi connectivity index (χ1n) is 11.5. The van der Waals surface area contributed by atoms with Crippen LogP contribution in [0, 0.1) is 0 Å². The lowest BCUT2D eigenvalue weighted by molar-refractivity contribution is -0.123. The number of aromatic hydroxyl groups is 1. The molecule has 2 heterocycles. The van der Waals surface area contributed by atoms with Crippen LogP contribution in [0.1, 0.15) is 32.1 Å². The number of rotatable bonds is 6. The van der Waals surface area contributed by atoms with Crippen LogP contribution in [0.3, 0.4) is 0 Å². The molecular formula is C23H36N4O3. The lowest BCUT2D eigenvalue weighted by Gasteiger charge is -2.48. The fourth-order valence-electron chi connectivity index (χ4n) is 5.25. The molecule has 1 aliphatic carbocycles. The first kappa shape index (κ1) is 21.4. The number of hydrogen-bond acceptors (Lipinski definition) is 6. The highest BCUT2D eigenvalue weighted by atomic mass is 16.5. The Hall–Kier alpha value is -1.83. The maximum absolute atomic E-state index is 12.7. The molecule has 7 nitrogen and oxygen atoms in total. The molecular weight excluding hydrogens is 380 g/mol. The number of piperazine rings is 1. The van der Waals surface area contributed by atoms with E-state index in [1.165, 1.54) is 32.1 Å². The molecule has 0 radical (unpaired) electrons. The predicted octanol–water partition coefficient (Wildman–Crippen LogP) is 1.67. The average Bonchev–Trinajstić information content (AvgIpc) is 2.80. The maximum Gasteiger partial charge on any atom is 0.234 e. The number of ether oxygens (including phenoxy) is 1. The summed E-state index contributed by atoms with van der Waals surface area (Å²) in [4.78, 5) is 19.7. The largest absolute Gasteiger partial charge is 0.506 e. The summed E-state index contributed by atoms with van der Waals surface area (Å²) in [7, 11) is 0. The van der Waals surface area contributed by atoms with Crippen LogP contribution in [0.2, 0.25) is 0 Å². The third kappa shape index (κ3) is 5.07. The van der Waals surface area contributed by atoms with Gasteiger partial charge in [0.1, 0.15) is 5.75 Å². The molecule has 0 atom stereocenters. The van der Waals surface area contributed by atoms with Crippen molar-refractivity contribution in [3.63, 3.8) is 0 Å². The molecule has 0 aromatic heterocycles. The standard InChI is InChI=1S/C23H36N4O3/c28-21-7-3-2-6-20(21)26-12-10-25(11-13-26)18-22(29)24-19-23(8-4-1-5-9-23)27-14-16-30-17-15-27/h2-3,6-7,28H,1,4-5,8-19H2,(H,24,29). The summed E-state index contributed by atoms with van der Waals surface area (Å²) in [5.74, 6) is 0.453. The van der Waals surface area contributed by atoms with Crippen molar-refractivity contribution >= 4 is 11.6 Å². The van der Waals surface area contributed by atoms with E-state index in [9.17, 15) is 9.90 Å². The van der Waals surface area contributed by atoms with Crippen LogP contribution in [0.15, 0.2) is 24.3 Å². The van der Waals surface area contributed by atoms with Crippen LogP contribution in [0.5, 0.6) is 5.75 Å². The molecule has 2 aliphatic heterocycles. The molecule has 0 bridgehead atoms. The lowest BCUT2D eigenvalue weighted by atomic mass is 9.79. The second kappa shape index (κ2) is 9.98. The second-order valence-corrected chi connectivity index (χ2v) is 8.91. The number of carbonyl (C=O) groups excluding carboxylic acids is 1. The SMILES string of the molecule is O=C(CN1CCN(c2ccccc2O)CC1)NCC1(N2CCOCC2)CCCCC1. The summed E-state index contributed by atoms with van der Waals surface area (Å²) >= 11 is 0. The summed E-state index contributed by atoms with van der Waals surface area (Å²) in [6.45, 7) is 8.07. The Kier molecular flexibility index (Phi) is 7.12. The van der Waals surface area contributed by atoms with Crippen LogP contribution in [-0.2, 0) is 9.53 Å². The third-order valence-corrected chi connectivity index (χ3v) is 7.04. The van der Waals surface area contributed by atoms with Crippen molar-refractivity contribution in [1.82, 2.24) is 15.1 Å². The summed E-state index contributed by atoms with van der Waals surface area (Å²) in [6.07, 6.45) is 6.16. The van der Waals surface area contributed by atoms with Gasteiger partial charge in [0.05, 0.1) is 25.4 Å². The Morgan fingerprint density at radius 3 is 2.40 bits per heavy atom. The van der Waals surface area contributed by atoms with Crippen molar-refractivity contribution in [2.45, 2.75) is 37.6 Å². The van der Waals surface area contributed by atoms with Crippen LogP contribution < -0.4 is 10.2 Å². The van der Waals surface area contributed by atoms with Crippen LogP contribution in [0.25, 0.3) is 0 Å². The molecule has 0 unspecified atom stereocenters. The summed E-state index contributed by atoms with van der Waals surface area (Å²) < 4.78 is 5.55. The van der Waals surface area contributed by atoms with E-state index in [2.05, 4.69) is 20.0 Å². The van der Waals surface area contributed by atoms with Gasteiger partial charge in [0.15, 0.2) is 0 Å². The highest BCUT2D eigenvalue weighted by Gasteiger charge is 2.38. The number of phenols is 1. The highest BCUT2D eigenvalue weighted by Crippen LogP contribution is 2.34. The number of anilines is 1. The average molecular weight is 417 g/mol. The quantitative estimate of drug-likeness (QED) is 0.735. The van der Waals surface area contributed by atoms with E-state index in [0.717, 1.165) is 64.7 Å². The van der Waals surface area contributed by atoms with Gasteiger partial charge >= 0.3 is 0 Å². The number of nitrogens with zero attached hydrogens (tertiary/aromatic N) is 3. The summed E-state index contributed by atoms with van der Waals surface area (Å²) in [6, 6.07) is 7.47. The van der Waals surface area contributed by atoms with Gasteiger partial charge in [0.25, 0.3) is 0 Å². The molecule has 7 heteroatoms. The topological polar surface area (TPSA) is 68.3 Å². The molecule has 2 N–H and O–H groups in total. The molecule has 166 valence electrons. The van der Waals surface area contributed by atoms with E-state index in [-0.39, 0.29) is 11.4 Å². The second-order valence-electron chi connectivity index (χ2n) is 8.91. The van der Waals surface area contributed by atoms with E-state index in [4.69, 9.17) is 4.74 Å². The summed E-state index contributed by atoms with van der Waals surface area (Å²) in [5.41, 5.74) is 0.993. The molecule has 3 fully saturated rings. The molecule has 3 aliphatic rings. The van der Waals surface area contributed by atoms with Gasteiger partial charge in [-0.15, -0.1) is 0 Å². The zero-order valence-electron chi connectivity index (χ0n) is 18.0. The normalized spacial score (nSPS) is 23.3. The van der Waals surface area contributed by atoms with Crippen molar-refractivity contribution in [3.8, 4) is 5.75 Å². The van der Waals surface area contributed by atoms with Crippen LogP contribution in [0.4, 0.5) is 5.69 Å². The first-order valence-corrected chi connectivity index (χ1v) is 11.5. The monoisotopic (exact) mass is 416 g/mol. The Bertz CT molecular complexity index is 693. The lowest BCUT2D eigenvalue weighted by Crippen LogP contribution is -2.60. The number of nitrogens with one attached hydrogen (secondary N) is 1. The van der Waals surface area contributed by atoms with E-state index >= 15 is 0 Å². The number of carbonyl (C=O) groups is 1. The number of phenolic OH excluding ortho intramolecular Hbond substituents is 1. The van der Waals surface area contributed by atoms with Crippen molar-refractivity contribution in [1.29, 1.82) is 0 Å². The zero-order chi connectivity index (χ0) is 20.8. The van der Waals surface area contributed by atoms with Gasteiger partial charge < -0.3 is 20.1 Å². The minimum absolute atomic E-state index is 0.112. The van der Waals surface area contributed by atoms with E-state index in [1.54, 1.807) is 6.07 Å². The van der Waals surface area contributed by atoms with E-state index < -0.39 is 0 Å². The highest BCUT2D eigenvalue weighted by molar-refractivity contribution is 5.78. The van der Waals surface area contributed by atoms with Crippen molar-refractivity contribution < 1.29 is 14.6 Å². The van der Waals surface area contributed by atoms with Gasteiger partial charge in [0.2, 0.25) is 5.91 Å². The molecule has 1 saturated carbocycles. The van der Waals surface area contributed by atoms with Crippen molar-refractivity contribution in [2.24, 2.45) is 0 Å². The van der Waals surface area contributed by atoms with Gasteiger partial charge in [-0.05, 0) is 25.0 Å². The Morgan fingerprint density at radius 2 is 1.70 bits per heavy atom. The van der Waals surface area contributed by atoms with Crippen molar-refractivity contribution in [2.75, 3.05) is 70.5 Å². The third-order valence-electron chi connectivity index (χ3n) is 7.04. The zero-order valence-corrected chi connectivity index (χ0v) is 18.0. The van der Waals surface area contributed by atoms with Crippen LogP contribution in [-0.4, -0.2) is 91.9 Å².